The zero-order chi connectivity index (χ0) is 18.8. The van der Waals surface area contributed by atoms with Crippen LogP contribution >= 0.6 is 0 Å². The van der Waals surface area contributed by atoms with Crippen LogP contribution in [0.5, 0.6) is 5.75 Å². The van der Waals surface area contributed by atoms with Gasteiger partial charge < -0.3 is 19.7 Å². The maximum atomic E-state index is 9.10. The number of carboxylic acids is 2. The molecule has 0 saturated carbocycles. The largest absolute Gasteiger partial charge is 0.496 e. The minimum Gasteiger partial charge on any atom is -0.496 e. The zero-order valence-electron chi connectivity index (χ0n) is 14.7. The van der Waals surface area contributed by atoms with Crippen LogP contribution in [0.3, 0.4) is 0 Å². The number of rotatable bonds is 4. The van der Waals surface area contributed by atoms with Gasteiger partial charge in [0.2, 0.25) is 0 Å². The molecular weight excluding hydrogens is 326 g/mol. The van der Waals surface area contributed by atoms with Gasteiger partial charge in [0.05, 0.1) is 19.3 Å². The second-order valence-electron chi connectivity index (χ2n) is 5.73. The third-order valence-electron chi connectivity index (χ3n) is 3.48. The van der Waals surface area contributed by atoms with Gasteiger partial charge in [-0.05, 0) is 19.9 Å². The zero-order valence-corrected chi connectivity index (χ0v) is 14.7. The quantitative estimate of drug-likeness (QED) is 0.801. The van der Waals surface area contributed by atoms with Gasteiger partial charge in [-0.2, -0.15) is 0 Å². The van der Waals surface area contributed by atoms with Crippen molar-refractivity contribution in [3.05, 3.63) is 35.9 Å². The molecule has 1 aliphatic heterocycles. The standard InChI is InChI=1S/C16H23NO2.C2H2O4/c1-13-11-17(12-14(2)19-13)10-6-8-15-7-4-5-9-16(15)18-3;3-1(4)2(5)6/h4-9,13-14H,10-12H2,1-3H3;(H,3,4)(H,5,6). The Bertz CT molecular complexity index is 579. The number of morpholine rings is 1. The van der Waals surface area contributed by atoms with Crippen molar-refractivity contribution in [2.75, 3.05) is 26.7 Å². The summed E-state index contributed by atoms with van der Waals surface area (Å²) in [7, 11) is 1.71. The van der Waals surface area contributed by atoms with E-state index in [1.165, 1.54) is 0 Å². The number of benzene rings is 1. The minimum absolute atomic E-state index is 0.323. The van der Waals surface area contributed by atoms with E-state index in [9.17, 15) is 0 Å². The van der Waals surface area contributed by atoms with Gasteiger partial charge in [0, 0.05) is 25.2 Å². The van der Waals surface area contributed by atoms with Crippen molar-refractivity contribution in [1.82, 2.24) is 4.90 Å². The number of carboxylic acid groups (broad SMARTS) is 2. The summed E-state index contributed by atoms with van der Waals surface area (Å²) in [6.45, 7) is 7.22. The van der Waals surface area contributed by atoms with Crippen molar-refractivity contribution >= 4 is 18.0 Å². The fourth-order valence-corrected chi connectivity index (χ4v) is 2.57. The summed E-state index contributed by atoms with van der Waals surface area (Å²) in [6.07, 6.45) is 4.97. The summed E-state index contributed by atoms with van der Waals surface area (Å²) in [6, 6.07) is 8.07. The second-order valence-corrected chi connectivity index (χ2v) is 5.73. The highest BCUT2D eigenvalue weighted by Crippen LogP contribution is 2.19. The number of ether oxygens (including phenoxy) is 2. The van der Waals surface area contributed by atoms with Gasteiger partial charge in [-0.15, -0.1) is 0 Å². The van der Waals surface area contributed by atoms with Gasteiger partial charge in [0.25, 0.3) is 0 Å². The molecule has 0 radical (unpaired) electrons. The number of methoxy groups -OCH3 is 1. The van der Waals surface area contributed by atoms with Crippen LogP contribution in [0.25, 0.3) is 6.08 Å². The van der Waals surface area contributed by atoms with Crippen LogP contribution in [0.4, 0.5) is 0 Å². The molecule has 7 heteroatoms. The molecule has 1 aliphatic rings. The topological polar surface area (TPSA) is 96.3 Å². The van der Waals surface area contributed by atoms with E-state index in [0.717, 1.165) is 30.9 Å². The molecule has 0 aliphatic carbocycles. The maximum Gasteiger partial charge on any atom is 0.414 e. The Kier molecular flexibility index (Phi) is 8.66. The van der Waals surface area contributed by atoms with E-state index < -0.39 is 11.9 Å². The first-order valence-corrected chi connectivity index (χ1v) is 7.97. The lowest BCUT2D eigenvalue weighted by Crippen LogP contribution is -2.45. The third-order valence-corrected chi connectivity index (χ3v) is 3.48. The first-order valence-electron chi connectivity index (χ1n) is 7.97. The molecule has 25 heavy (non-hydrogen) atoms. The lowest BCUT2D eigenvalue weighted by molar-refractivity contribution is -0.159. The van der Waals surface area contributed by atoms with Gasteiger partial charge in [0.1, 0.15) is 5.75 Å². The van der Waals surface area contributed by atoms with E-state index in [2.05, 4.69) is 37.0 Å². The predicted molar refractivity (Wildman–Crippen MR) is 93.7 cm³/mol. The first-order chi connectivity index (χ1) is 11.8. The lowest BCUT2D eigenvalue weighted by atomic mass is 10.2. The first kappa shape index (κ1) is 20.7. The summed E-state index contributed by atoms with van der Waals surface area (Å²) < 4.78 is 11.1. The number of aliphatic carboxylic acids is 2. The van der Waals surface area contributed by atoms with Gasteiger partial charge in [-0.1, -0.05) is 30.4 Å². The van der Waals surface area contributed by atoms with Crippen molar-refractivity contribution in [1.29, 1.82) is 0 Å². The normalized spacial score (nSPS) is 20.6. The highest BCUT2D eigenvalue weighted by Gasteiger charge is 2.20. The van der Waals surface area contributed by atoms with Crippen molar-refractivity contribution < 1.29 is 29.3 Å². The van der Waals surface area contributed by atoms with E-state index in [0.29, 0.717) is 12.2 Å². The van der Waals surface area contributed by atoms with Crippen LogP contribution in [0.1, 0.15) is 19.4 Å². The van der Waals surface area contributed by atoms with Crippen LogP contribution in [-0.2, 0) is 14.3 Å². The minimum atomic E-state index is -1.82. The molecule has 0 aromatic heterocycles. The average molecular weight is 351 g/mol. The number of nitrogens with zero attached hydrogens (tertiary/aromatic N) is 1. The number of carbonyl (C=O) groups is 2. The molecule has 1 saturated heterocycles. The van der Waals surface area contributed by atoms with Crippen LogP contribution in [0, 0.1) is 0 Å². The summed E-state index contributed by atoms with van der Waals surface area (Å²) in [5.41, 5.74) is 1.12. The Morgan fingerprint density at radius 1 is 1.20 bits per heavy atom. The fourth-order valence-electron chi connectivity index (χ4n) is 2.57. The Labute approximate surface area is 147 Å². The van der Waals surface area contributed by atoms with Gasteiger partial charge in [-0.25, -0.2) is 9.59 Å². The van der Waals surface area contributed by atoms with Crippen molar-refractivity contribution in [3.8, 4) is 5.75 Å². The number of para-hydroxylation sites is 1. The Morgan fingerprint density at radius 3 is 2.28 bits per heavy atom. The van der Waals surface area contributed by atoms with Crippen molar-refractivity contribution in [2.24, 2.45) is 0 Å². The third kappa shape index (κ3) is 7.82. The Balaban J connectivity index is 0.000000450. The molecule has 2 rings (SSSR count). The summed E-state index contributed by atoms with van der Waals surface area (Å²) in [5, 5.41) is 14.8. The molecule has 0 amide bonds. The van der Waals surface area contributed by atoms with Crippen LogP contribution < -0.4 is 4.74 Å². The van der Waals surface area contributed by atoms with Gasteiger partial charge in [0.15, 0.2) is 0 Å². The highest BCUT2D eigenvalue weighted by molar-refractivity contribution is 6.27. The molecule has 0 spiro atoms. The molecule has 1 aromatic rings. The number of hydrogen-bond donors (Lipinski definition) is 2. The van der Waals surface area contributed by atoms with Crippen LogP contribution in [-0.4, -0.2) is 66.0 Å². The summed E-state index contributed by atoms with van der Waals surface area (Å²) >= 11 is 0. The summed E-state index contributed by atoms with van der Waals surface area (Å²) in [5.74, 6) is -2.73. The van der Waals surface area contributed by atoms with Crippen molar-refractivity contribution in [3.63, 3.8) is 0 Å². The Hall–Kier alpha value is -2.38. The monoisotopic (exact) mass is 351 g/mol. The van der Waals surface area contributed by atoms with Gasteiger partial charge >= 0.3 is 11.9 Å². The highest BCUT2D eigenvalue weighted by atomic mass is 16.5. The van der Waals surface area contributed by atoms with Gasteiger partial charge in [-0.3, -0.25) is 4.90 Å². The lowest BCUT2D eigenvalue weighted by Gasteiger charge is -2.34. The van der Waals surface area contributed by atoms with E-state index in [-0.39, 0.29) is 0 Å². The van der Waals surface area contributed by atoms with Crippen LogP contribution in [0.15, 0.2) is 30.3 Å². The van der Waals surface area contributed by atoms with E-state index in [1.54, 1.807) is 7.11 Å². The average Bonchev–Trinajstić information content (AvgIpc) is 2.55. The molecular formula is C18H25NO6. The molecule has 2 unspecified atom stereocenters. The molecule has 138 valence electrons. The SMILES string of the molecule is COc1ccccc1C=CCN1CC(C)OC(C)C1.O=C(O)C(=O)O. The smallest absolute Gasteiger partial charge is 0.414 e. The molecule has 0 bridgehead atoms. The number of hydrogen-bond acceptors (Lipinski definition) is 5. The van der Waals surface area contributed by atoms with Crippen LogP contribution in [0.2, 0.25) is 0 Å². The fraction of sp³-hybridized carbons (Fsp3) is 0.444. The van der Waals surface area contributed by atoms with E-state index in [4.69, 9.17) is 29.3 Å². The molecule has 7 nitrogen and oxygen atoms in total. The van der Waals surface area contributed by atoms with E-state index >= 15 is 0 Å². The maximum absolute atomic E-state index is 9.10. The van der Waals surface area contributed by atoms with Crippen molar-refractivity contribution in [2.45, 2.75) is 26.1 Å². The predicted octanol–water partition coefficient (Wildman–Crippen LogP) is 1.97. The molecule has 1 aromatic carbocycles. The molecule has 1 fully saturated rings. The molecule has 2 atom stereocenters. The molecule has 2 N–H and O–H groups in total. The Morgan fingerprint density at radius 2 is 1.76 bits per heavy atom. The molecule has 1 heterocycles. The second kappa shape index (κ2) is 10.5. The van der Waals surface area contributed by atoms with E-state index in [1.807, 2.05) is 18.2 Å². The summed E-state index contributed by atoms with van der Waals surface area (Å²) in [4.78, 5) is 20.6.